The smallest absolute Gasteiger partial charge is 0.220 e. The zero-order valence-electron chi connectivity index (χ0n) is 59.1. The quantitative estimate of drug-likeness (QED) is 0.0302. The Kier molecular flexibility index (Phi) is 42.3. The van der Waals surface area contributed by atoms with Gasteiger partial charge >= 0.3 is 0 Å². The number of hydrogen-bond acceptors (Lipinski definition) is 27. The van der Waals surface area contributed by atoms with Gasteiger partial charge in [-0.1, -0.05) is 193 Å². The van der Waals surface area contributed by atoms with Crippen molar-refractivity contribution in [3.05, 3.63) is 12.2 Å². The van der Waals surface area contributed by atoms with Crippen LogP contribution in [0.4, 0.5) is 0 Å². The van der Waals surface area contributed by atoms with Gasteiger partial charge < -0.3 is 135 Å². The maximum absolute atomic E-state index is 13.5. The molecule has 29 nitrogen and oxygen atoms in total. The first-order valence-corrected chi connectivity index (χ1v) is 37.3. The van der Waals surface area contributed by atoms with Gasteiger partial charge in [-0.25, -0.2) is 0 Å². The molecular formula is C70H128N2O27. The molecule has 10 unspecified atom stereocenters. The van der Waals surface area contributed by atoms with Crippen molar-refractivity contribution in [2.75, 3.05) is 33.0 Å². The summed E-state index contributed by atoms with van der Waals surface area (Å²) in [6.07, 6.45) is -7.20. The summed E-state index contributed by atoms with van der Waals surface area (Å²) in [5.74, 6) is -1.13. The highest BCUT2D eigenvalue weighted by Crippen LogP contribution is 2.37. The van der Waals surface area contributed by atoms with Gasteiger partial charge in [-0.3, -0.25) is 9.59 Å². The van der Waals surface area contributed by atoms with Gasteiger partial charge in [0, 0.05) is 13.3 Å². The number of aliphatic hydroxyl groups is 15. The fraction of sp³-hybridized carbons (Fsp3) is 0.943. The Morgan fingerprint density at radius 3 is 1.29 bits per heavy atom. The van der Waals surface area contributed by atoms with E-state index in [0.717, 1.165) is 51.9 Å². The molecule has 580 valence electrons. The van der Waals surface area contributed by atoms with E-state index in [4.69, 9.17) is 47.4 Å². The molecule has 0 aromatic carbocycles. The Bertz CT molecular complexity index is 2160. The first kappa shape index (κ1) is 87.3. The second kappa shape index (κ2) is 48.0. The molecule has 99 heavy (non-hydrogen) atoms. The molecular weight excluding hydrogens is 1300 g/mol. The predicted octanol–water partition coefficient (Wildman–Crippen LogP) is 1.42. The van der Waals surface area contributed by atoms with Crippen LogP contribution < -0.4 is 10.6 Å². The molecule has 5 heterocycles. The highest BCUT2D eigenvalue weighted by Gasteiger charge is 2.57. The van der Waals surface area contributed by atoms with E-state index in [1.165, 1.54) is 135 Å². The summed E-state index contributed by atoms with van der Waals surface area (Å²) in [6.45, 7) is 2.65. The van der Waals surface area contributed by atoms with Crippen molar-refractivity contribution >= 4 is 11.8 Å². The molecule has 0 aromatic heterocycles. The van der Waals surface area contributed by atoms with Crippen LogP contribution >= 0.6 is 0 Å². The summed E-state index contributed by atoms with van der Waals surface area (Å²) in [5.41, 5.74) is 0. The van der Waals surface area contributed by atoms with E-state index in [-0.39, 0.29) is 12.3 Å². The van der Waals surface area contributed by atoms with Crippen molar-refractivity contribution in [1.82, 2.24) is 10.6 Å². The maximum atomic E-state index is 13.5. The molecule has 27 atom stereocenters. The van der Waals surface area contributed by atoms with Crippen molar-refractivity contribution in [1.29, 1.82) is 0 Å². The van der Waals surface area contributed by atoms with Gasteiger partial charge in [0.05, 0.1) is 51.3 Å². The Labute approximate surface area is 585 Å². The third kappa shape index (κ3) is 28.2. The van der Waals surface area contributed by atoms with Crippen molar-refractivity contribution in [2.24, 2.45) is 0 Å². The molecule has 5 saturated heterocycles. The lowest BCUT2D eigenvalue weighted by Gasteiger charge is -2.50. The van der Waals surface area contributed by atoms with Gasteiger partial charge in [0.2, 0.25) is 11.8 Å². The molecule has 0 saturated carbocycles. The number of amides is 2. The molecule has 17 N–H and O–H groups in total. The number of allylic oxidation sites excluding steroid dienone is 1. The monoisotopic (exact) mass is 1430 g/mol. The predicted molar refractivity (Wildman–Crippen MR) is 357 cm³/mol. The number of nitrogens with one attached hydrogen (secondary N) is 2. The van der Waals surface area contributed by atoms with Crippen LogP contribution in [-0.4, -0.2) is 287 Å². The van der Waals surface area contributed by atoms with Gasteiger partial charge in [-0.05, 0) is 26.2 Å². The highest BCUT2D eigenvalue weighted by molar-refractivity contribution is 5.76. The van der Waals surface area contributed by atoms with E-state index in [0.29, 0.717) is 12.8 Å². The number of rotatable bonds is 49. The summed E-state index contributed by atoms with van der Waals surface area (Å²) in [7, 11) is 0. The standard InChI is InChI=1S/C70H128N2O27/c1-5-7-9-11-13-15-17-19-20-21-22-24-26-28-30-32-34-36-50(79)72-44(45(78)35-33-31-29-27-25-23-18-16-14-12-10-8-6-2)41-90-67-60(88)57(85)63(48(39-75)94-67)97-69-61(89)58(86)62(49(40-76)95-69)96-66-51(71-43(4)77)64(54(82)47(38-74)92-66)98-70-65(56(84)53(81)46(37-73)93-70)99-68-59(87)55(83)52(80)42(3)91-68/h33,35,42,44-49,51-70,73-76,78,80-89H,5-32,34,36-41H2,1-4H3,(H,71,77)(H,72,79)/b35-33+/t42?,44-,45+,46?,47?,48?,49?,51?,52+,53-,54-,55?,56-,57+,58+,59-,60?,61?,62-,63+,64+,65?,66-,67+,68+,69-,70-/m0/s1. The van der Waals surface area contributed by atoms with Crippen LogP contribution in [0.3, 0.4) is 0 Å². The molecule has 0 aliphatic carbocycles. The molecule has 5 rings (SSSR count). The van der Waals surface area contributed by atoms with Crippen LogP contribution in [0, 0.1) is 0 Å². The molecule has 5 aliphatic heterocycles. The summed E-state index contributed by atoms with van der Waals surface area (Å²) in [4.78, 5) is 26.4. The first-order valence-electron chi connectivity index (χ1n) is 37.3. The SMILES string of the molecule is CCCCCCCCCCCCC/C=C/[C@@H](O)[C@H](CO[C@@H]1OC(CO)[C@@H](O[C@@H]2OC(CO)[C@H](O[C@@H]3OC(CO)[C@H](O)[C@H](O[C@@H]4OC(CO)[C@H](O)[C@H](O)C4O[C@H]4OC(C)[C@@H](O)C(O)[C@@H]4O)C3NC(C)=O)[C@H](O)C2O)[C@H](O)C1O)NC(=O)CCCCCCCCCCCCCCCCCCC. The number of carbonyl (C=O) groups excluding carboxylic acids is 2. The Morgan fingerprint density at radius 1 is 0.414 bits per heavy atom. The van der Waals surface area contributed by atoms with Crippen LogP contribution in [-0.2, 0) is 57.0 Å². The zero-order valence-corrected chi connectivity index (χ0v) is 59.1. The van der Waals surface area contributed by atoms with Crippen LogP contribution in [0.25, 0.3) is 0 Å². The summed E-state index contributed by atoms with van der Waals surface area (Å²) in [6, 6.07) is -2.76. The van der Waals surface area contributed by atoms with Gasteiger partial charge in [-0.15, -0.1) is 0 Å². The molecule has 5 fully saturated rings. The van der Waals surface area contributed by atoms with E-state index in [2.05, 4.69) is 24.5 Å². The normalized spacial score (nSPS) is 35.9. The topological polar surface area (TPSA) is 454 Å². The van der Waals surface area contributed by atoms with E-state index in [1.54, 1.807) is 6.08 Å². The molecule has 0 bridgehead atoms. The molecule has 0 aromatic rings. The molecule has 0 radical (unpaired) electrons. The first-order chi connectivity index (χ1) is 47.7. The number of ether oxygens (including phenoxy) is 10. The number of carbonyl (C=O) groups is 2. The fourth-order valence-corrected chi connectivity index (χ4v) is 13.5. The minimum Gasteiger partial charge on any atom is -0.394 e. The van der Waals surface area contributed by atoms with Gasteiger partial charge in [0.25, 0.3) is 0 Å². The third-order valence-electron chi connectivity index (χ3n) is 19.7. The van der Waals surface area contributed by atoms with E-state index in [9.17, 15) is 86.2 Å². The Morgan fingerprint density at radius 2 is 0.798 bits per heavy atom. The van der Waals surface area contributed by atoms with Crippen LogP contribution in [0.1, 0.15) is 220 Å². The maximum Gasteiger partial charge on any atom is 0.220 e. The van der Waals surface area contributed by atoms with Crippen LogP contribution in [0.15, 0.2) is 12.2 Å². The van der Waals surface area contributed by atoms with Crippen molar-refractivity contribution in [3.63, 3.8) is 0 Å². The summed E-state index contributed by atoms with van der Waals surface area (Å²) < 4.78 is 59.1. The average molecular weight is 1430 g/mol. The minimum absolute atomic E-state index is 0.201. The number of hydrogen-bond donors (Lipinski definition) is 17. The second-order valence-corrected chi connectivity index (χ2v) is 27.8. The number of aliphatic hydroxyl groups excluding tert-OH is 15. The Hall–Kier alpha value is -2.32. The van der Waals surface area contributed by atoms with Crippen molar-refractivity contribution < 1.29 is 134 Å². The zero-order chi connectivity index (χ0) is 72.4. The second-order valence-electron chi connectivity index (χ2n) is 27.8. The van der Waals surface area contributed by atoms with Crippen LogP contribution in [0.2, 0.25) is 0 Å². The fourth-order valence-electron chi connectivity index (χ4n) is 13.5. The van der Waals surface area contributed by atoms with Crippen molar-refractivity contribution in [2.45, 2.75) is 386 Å². The molecule has 2 amide bonds. The molecule has 0 spiro atoms. The number of unbranched alkanes of at least 4 members (excludes halogenated alkanes) is 27. The molecule has 5 aliphatic rings. The van der Waals surface area contributed by atoms with Gasteiger partial charge in [-0.2, -0.15) is 0 Å². The van der Waals surface area contributed by atoms with Crippen LogP contribution in [0.5, 0.6) is 0 Å². The Balaban J connectivity index is 1.19. The van der Waals surface area contributed by atoms with Crippen molar-refractivity contribution in [3.8, 4) is 0 Å². The lowest BCUT2D eigenvalue weighted by Crippen LogP contribution is -2.70. The minimum atomic E-state index is -2.15. The third-order valence-corrected chi connectivity index (χ3v) is 19.7. The van der Waals surface area contributed by atoms with Gasteiger partial charge in [0.1, 0.15) is 116 Å². The largest absolute Gasteiger partial charge is 0.394 e. The van der Waals surface area contributed by atoms with E-state index < -0.39 is 205 Å². The highest BCUT2D eigenvalue weighted by atomic mass is 16.8. The molecule has 29 heteroatoms. The lowest BCUT2D eigenvalue weighted by atomic mass is 9.94. The van der Waals surface area contributed by atoms with Gasteiger partial charge in [0.15, 0.2) is 31.5 Å². The average Bonchev–Trinajstić information content (AvgIpc) is 0.779. The van der Waals surface area contributed by atoms with E-state index >= 15 is 0 Å². The van der Waals surface area contributed by atoms with E-state index in [1.807, 2.05) is 6.08 Å². The lowest BCUT2D eigenvalue weighted by molar-refractivity contribution is -0.389. The summed E-state index contributed by atoms with van der Waals surface area (Å²) >= 11 is 0. The summed E-state index contributed by atoms with van der Waals surface area (Å²) in [5, 5.41) is 171.